The van der Waals surface area contributed by atoms with Crippen molar-refractivity contribution < 1.29 is 4.74 Å². The first-order valence-corrected chi connectivity index (χ1v) is 11.3. The van der Waals surface area contributed by atoms with Crippen molar-refractivity contribution in [3.05, 3.63) is 114 Å². The standard InChI is InChI=1S/C29H23N5O/c30-19-18-21-14-16-23(17-15-21)31-29-33-25-11-5-4-10-24(25)28(34-29)32-26-12-6-7-13-27(26)35-20-22-8-2-1-3-9-22/h1-17H,18,20H2,(H2,31,32,33,34). The highest BCUT2D eigenvalue weighted by molar-refractivity contribution is 5.92. The number of nitrogens with zero attached hydrogens (tertiary/aromatic N) is 3. The lowest BCUT2D eigenvalue weighted by molar-refractivity contribution is 0.308. The van der Waals surface area contributed by atoms with Gasteiger partial charge in [0.1, 0.15) is 18.2 Å². The quantitative estimate of drug-likeness (QED) is 0.268. The van der Waals surface area contributed by atoms with E-state index in [1.54, 1.807) is 0 Å². The molecule has 0 spiro atoms. The predicted octanol–water partition coefficient (Wildman–Crippen LogP) is 6.76. The zero-order valence-electron chi connectivity index (χ0n) is 19.0. The number of fused-ring (bicyclic) bond motifs is 1. The number of para-hydroxylation sites is 3. The van der Waals surface area contributed by atoms with Gasteiger partial charge in [-0.2, -0.15) is 10.2 Å². The van der Waals surface area contributed by atoms with E-state index in [4.69, 9.17) is 15.0 Å². The monoisotopic (exact) mass is 457 g/mol. The molecule has 0 saturated heterocycles. The van der Waals surface area contributed by atoms with Gasteiger partial charge in [-0.15, -0.1) is 0 Å². The molecule has 0 aliphatic carbocycles. The van der Waals surface area contributed by atoms with Crippen LogP contribution < -0.4 is 15.4 Å². The molecule has 0 unspecified atom stereocenters. The van der Waals surface area contributed by atoms with E-state index in [2.05, 4.69) is 21.7 Å². The third-order valence-corrected chi connectivity index (χ3v) is 5.47. The molecule has 5 aromatic rings. The molecule has 6 heteroatoms. The molecule has 1 heterocycles. The maximum absolute atomic E-state index is 8.89. The number of benzene rings is 4. The fraction of sp³-hybridized carbons (Fsp3) is 0.0690. The second-order valence-corrected chi connectivity index (χ2v) is 7.97. The molecule has 0 bridgehead atoms. The van der Waals surface area contributed by atoms with Gasteiger partial charge in [-0.25, -0.2) is 4.98 Å². The van der Waals surface area contributed by atoms with E-state index in [0.717, 1.165) is 39.2 Å². The summed E-state index contributed by atoms with van der Waals surface area (Å²) in [7, 11) is 0. The van der Waals surface area contributed by atoms with Gasteiger partial charge in [-0.1, -0.05) is 66.7 Å². The number of anilines is 4. The van der Waals surface area contributed by atoms with E-state index in [9.17, 15) is 0 Å². The zero-order valence-corrected chi connectivity index (χ0v) is 19.0. The van der Waals surface area contributed by atoms with Crippen LogP contribution in [-0.4, -0.2) is 9.97 Å². The van der Waals surface area contributed by atoms with E-state index < -0.39 is 0 Å². The summed E-state index contributed by atoms with van der Waals surface area (Å²) in [5, 5.41) is 16.5. The van der Waals surface area contributed by atoms with Crippen molar-refractivity contribution in [2.24, 2.45) is 0 Å². The molecule has 35 heavy (non-hydrogen) atoms. The van der Waals surface area contributed by atoms with Gasteiger partial charge in [0.15, 0.2) is 0 Å². The lowest BCUT2D eigenvalue weighted by atomic mass is 10.1. The van der Waals surface area contributed by atoms with Crippen LogP contribution in [0, 0.1) is 11.3 Å². The zero-order chi connectivity index (χ0) is 23.9. The van der Waals surface area contributed by atoms with Gasteiger partial charge in [0.25, 0.3) is 0 Å². The molecular formula is C29H23N5O. The summed E-state index contributed by atoms with van der Waals surface area (Å²) in [5.41, 5.74) is 4.55. The lowest BCUT2D eigenvalue weighted by Crippen LogP contribution is -2.04. The van der Waals surface area contributed by atoms with Crippen LogP contribution in [0.15, 0.2) is 103 Å². The Kier molecular flexibility index (Phi) is 6.49. The van der Waals surface area contributed by atoms with Crippen LogP contribution in [0.2, 0.25) is 0 Å². The van der Waals surface area contributed by atoms with Gasteiger partial charge in [-0.05, 0) is 47.5 Å². The number of nitriles is 1. The normalized spacial score (nSPS) is 10.5. The summed E-state index contributed by atoms with van der Waals surface area (Å²) in [4.78, 5) is 9.45. The highest BCUT2D eigenvalue weighted by Gasteiger charge is 2.11. The summed E-state index contributed by atoms with van der Waals surface area (Å²) in [6.07, 6.45) is 0.382. The number of aromatic nitrogens is 2. The topological polar surface area (TPSA) is 82.9 Å². The van der Waals surface area contributed by atoms with Crippen LogP contribution in [0.5, 0.6) is 5.75 Å². The summed E-state index contributed by atoms with van der Waals surface area (Å²) >= 11 is 0. The Morgan fingerprint density at radius 3 is 2.29 bits per heavy atom. The average Bonchev–Trinajstić information content (AvgIpc) is 2.90. The van der Waals surface area contributed by atoms with E-state index in [-0.39, 0.29) is 0 Å². The molecule has 2 N–H and O–H groups in total. The van der Waals surface area contributed by atoms with E-state index in [1.807, 2.05) is 103 Å². The van der Waals surface area contributed by atoms with Crippen LogP contribution >= 0.6 is 0 Å². The highest BCUT2D eigenvalue weighted by atomic mass is 16.5. The van der Waals surface area contributed by atoms with Gasteiger partial charge in [0.2, 0.25) is 5.95 Å². The summed E-state index contributed by atoms with van der Waals surface area (Å²) in [5.74, 6) is 1.89. The van der Waals surface area contributed by atoms with Crippen molar-refractivity contribution in [1.82, 2.24) is 9.97 Å². The number of hydrogen-bond acceptors (Lipinski definition) is 6. The third kappa shape index (κ3) is 5.37. The first-order valence-electron chi connectivity index (χ1n) is 11.3. The molecular weight excluding hydrogens is 434 g/mol. The van der Waals surface area contributed by atoms with Crippen molar-refractivity contribution >= 4 is 34.0 Å². The van der Waals surface area contributed by atoms with E-state index in [1.165, 1.54) is 0 Å². The predicted molar refractivity (Wildman–Crippen MR) is 139 cm³/mol. The molecule has 1 aromatic heterocycles. The van der Waals surface area contributed by atoms with Gasteiger partial charge < -0.3 is 15.4 Å². The number of hydrogen-bond donors (Lipinski definition) is 2. The van der Waals surface area contributed by atoms with Crippen LogP contribution in [0.25, 0.3) is 10.9 Å². The van der Waals surface area contributed by atoms with Crippen LogP contribution in [0.4, 0.5) is 23.1 Å². The molecule has 6 nitrogen and oxygen atoms in total. The minimum absolute atomic E-state index is 0.382. The summed E-state index contributed by atoms with van der Waals surface area (Å²) < 4.78 is 6.12. The fourth-order valence-corrected chi connectivity index (χ4v) is 3.71. The Morgan fingerprint density at radius 2 is 1.46 bits per heavy atom. The number of ether oxygens (including phenoxy) is 1. The summed E-state index contributed by atoms with van der Waals surface area (Å²) in [6, 6.07) is 35.6. The van der Waals surface area contributed by atoms with Gasteiger partial charge in [0, 0.05) is 11.1 Å². The number of nitrogens with one attached hydrogen (secondary N) is 2. The highest BCUT2D eigenvalue weighted by Crippen LogP contribution is 2.31. The van der Waals surface area contributed by atoms with Crippen LogP contribution in [0.1, 0.15) is 11.1 Å². The average molecular weight is 458 g/mol. The van der Waals surface area contributed by atoms with Crippen molar-refractivity contribution in [1.29, 1.82) is 5.26 Å². The smallest absolute Gasteiger partial charge is 0.229 e. The molecule has 0 aliphatic rings. The molecule has 0 saturated carbocycles. The van der Waals surface area contributed by atoms with Crippen molar-refractivity contribution in [2.75, 3.05) is 10.6 Å². The fourth-order valence-electron chi connectivity index (χ4n) is 3.71. The molecule has 4 aromatic carbocycles. The van der Waals surface area contributed by atoms with E-state index >= 15 is 0 Å². The van der Waals surface area contributed by atoms with Crippen LogP contribution in [0.3, 0.4) is 0 Å². The second-order valence-electron chi connectivity index (χ2n) is 7.97. The van der Waals surface area contributed by atoms with Crippen molar-refractivity contribution in [3.63, 3.8) is 0 Å². The maximum atomic E-state index is 8.89. The second kappa shape index (κ2) is 10.4. The first-order chi connectivity index (χ1) is 17.3. The summed E-state index contributed by atoms with van der Waals surface area (Å²) in [6.45, 7) is 0.471. The molecule has 0 amide bonds. The Bertz CT molecular complexity index is 1480. The molecule has 0 radical (unpaired) electrons. The lowest BCUT2D eigenvalue weighted by Gasteiger charge is -2.15. The van der Waals surface area contributed by atoms with Crippen molar-refractivity contribution in [3.8, 4) is 11.8 Å². The first kappa shape index (κ1) is 21.9. The minimum atomic E-state index is 0.382. The number of rotatable bonds is 8. The Morgan fingerprint density at radius 1 is 0.714 bits per heavy atom. The Labute approximate surface area is 203 Å². The molecule has 5 rings (SSSR count). The molecule has 0 atom stereocenters. The maximum Gasteiger partial charge on any atom is 0.229 e. The Balaban J connectivity index is 1.43. The third-order valence-electron chi connectivity index (χ3n) is 5.47. The van der Waals surface area contributed by atoms with Crippen molar-refractivity contribution in [2.45, 2.75) is 13.0 Å². The molecule has 0 aliphatic heterocycles. The largest absolute Gasteiger partial charge is 0.487 e. The molecule has 170 valence electrons. The SMILES string of the molecule is N#CCc1ccc(Nc2nc(Nc3ccccc3OCc3ccccc3)c3ccccc3n2)cc1. The van der Waals surface area contributed by atoms with Gasteiger partial charge in [0.05, 0.1) is 23.7 Å². The van der Waals surface area contributed by atoms with Gasteiger partial charge in [-0.3, -0.25) is 0 Å². The molecule has 0 fully saturated rings. The van der Waals surface area contributed by atoms with E-state index in [0.29, 0.717) is 24.8 Å². The van der Waals surface area contributed by atoms with Gasteiger partial charge >= 0.3 is 0 Å². The Hall–Kier alpha value is -4.89. The minimum Gasteiger partial charge on any atom is -0.487 e. The van der Waals surface area contributed by atoms with Crippen LogP contribution in [-0.2, 0) is 13.0 Å².